The van der Waals surface area contributed by atoms with Crippen LogP contribution in [0.5, 0.6) is 0 Å². The van der Waals surface area contributed by atoms with Crippen molar-refractivity contribution in [3.8, 4) is 22.3 Å². The van der Waals surface area contributed by atoms with Crippen molar-refractivity contribution in [2.24, 2.45) is 0 Å². The van der Waals surface area contributed by atoms with Crippen molar-refractivity contribution in [1.82, 2.24) is 9.97 Å². The molecule has 0 atom stereocenters. The highest BCUT2D eigenvalue weighted by atomic mass is 32.1. The zero-order valence-corrected chi connectivity index (χ0v) is 23.3. The highest BCUT2D eigenvalue weighted by Gasteiger charge is 2.18. The first kappa shape index (κ1) is 23.1. The maximum Gasteiger partial charge on any atom is 0.0975 e. The van der Waals surface area contributed by atoms with E-state index in [2.05, 4.69) is 109 Å². The Morgan fingerprint density at radius 1 is 0.463 bits per heavy atom. The molecule has 8 aromatic rings. The second kappa shape index (κ2) is 8.95. The fourth-order valence-corrected chi connectivity index (χ4v) is 8.02. The summed E-state index contributed by atoms with van der Waals surface area (Å²) in [6.45, 7) is 0. The van der Waals surface area contributed by atoms with E-state index < -0.39 is 0 Å². The van der Waals surface area contributed by atoms with Crippen LogP contribution in [0.25, 0.3) is 75.0 Å². The van der Waals surface area contributed by atoms with E-state index in [-0.39, 0.29) is 0 Å². The predicted octanol–water partition coefficient (Wildman–Crippen LogP) is 10.5. The largest absolute Gasteiger partial charge is 0.249 e. The van der Waals surface area contributed by atoms with Crippen LogP contribution in [0.3, 0.4) is 0 Å². The Morgan fingerprint density at radius 2 is 1.10 bits per heavy atom. The molecule has 1 aliphatic carbocycles. The molecular formula is C38H26N2S. The lowest BCUT2D eigenvalue weighted by molar-refractivity contribution is 0.655. The van der Waals surface area contributed by atoms with E-state index in [1.54, 1.807) is 0 Å². The first-order chi connectivity index (χ1) is 20.3. The Morgan fingerprint density at radius 3 is 1.95 bits per heavy atom. The highest BCUT2D eigenvalue weighted by molar-refractivity contribution is 7.26. The molecule has 41 heavy (non-hydrogen) atoms. The van der Waals surface area contributed by atoms with E-state index in [0.717, 1.165) is 23.9 Å². The Labute approximate surface area is 241 Å². The molecule has 2 nitrogen and oxygen atoms in total. The lowest BCUT2D eigenvalue weighted by Crippen LogP contribution is -2.08. The molecule has 0 saturated carbocycles. The summed E-state index contributed by atoms with van der Waals surface area (Å²) < 4.78 is 2.69. The lowest BCUT2D eigenvalue weighted by atomic mass is 9.93. The van der Waals surface area contributed by atoms with Gasteiger partial charge in [-0.1, -0.05) is 91.0 Å². The summed E-state index contributed by atoms with van der Waals surface area (Å²) in [4.78, 5) is 10.5. The third-order valence-corrected chi connectivity index (χ3v) is 10.0. The van der Waals surface area contributed by atoms with Crippen LogP contribution < -0.4 is 0 Å². The SMILES string of the molecule is c1cc(-c2ccc3c4ccccc4c4nc5c(nc4c3c2)CCCC5)cc(-c2cccc3c2sc2ccccc23)c1. The third-order valence-electron chi connectivity index (χ3n) is 8.79. The number of aromatic nitrogens is 2. The monoisotopic (exact) mass is 542 g/mol. The quantitative estimate of drug-likeness (QED) is 0.203. The fraction of sp³-hybridized carbons (Fsp3) is 0.105. The normalized spacial score (nSPS) is 13.5. The van der Waals surface area contributed by atoms with Gasteiger partial charge in [-0.2, -0.15) is 0 Å². The minimum Gasteiger partial charge on any atom is -0.249 e. The first-order valence-corrected chi connectivity index (χ1v) is 15.3. The van der Waals surface area contributed by atoms with Crippen molar-refractivity contribution in [3.05, 3.63) is 121 Å². The van der Waals surface area contributed by atoms with Crippen molar-refractivity contribution in [1.29, 1.82) is 0 Å². The zero-order chi connectivity index (χ0) is 26.9. The summed E-state index contributed by atoms with van der Waals surface area (Å²) in [5.41, 5.74) is 9.41. The van der Waals surface area contributed by atoms with Gasteiger partial charge in [0.15, 0.2) is 0 Å². The molecule has 0 fully saturated rings. The molecule has 1 aliphatic rings. The molecule has 2 aromatic heterocycles. The van der Waals surface area contributed by atoms with Crippen LogP contribution in [0.2, 0.25) is 0 Å². The minimum absolute atomic E-state index is 1.03. The van der Waals surface area contributed by atoms with Crippen LogP contribution in [0.4, 0.5) is 0 Å². The van der Waals surface area contributed by atoms with Gasteiger partial charge in [0.2, 0.25) is 0 Å². The Hall–Kier alpha value is -4.60. The van der Waals surface area contributed by atoms with E-state index in [9.17, 15) is 0 Å². The molecule has 0 radical (unpaired) electrons. The van der Waals surface area contributed by atoms with Gasteiger partial charge in [-0.05, 0) is 76.9 Å². The molecular weight excluding hydrogens is 516 g/mol. The fourth-order valence-electron chi connectivity index (χ4n) is 6.79. The first-order valence-electron chi connectivity index (χ1n) is 14.5. The van der Waals surface area contributed by atoms with E-state index in [0.29, 0.717) is 0 Å². The second-order valence-corrected chi connectivity index (χ2v) is 12.2. The summed E-state index contributed by atoms with van der Waals surface area (Å²) in [5.74, 6) is 0. The number of thiophene rings is 1. The number of aryl methyl sites for hydroxylation is 2. The molecule has 194 valence electrons. The van der Waals surface area contributed by atoms with Gasteiger partial charge in [0.05, 0.1) is 22.4 Å². The summed E-state index contributed by atoms with van der Waals surface area (Å²) >= 11 is 1.89. The van der Waals surface area contributed by atoms with E-state index in [1.807, 2.05) is 11.3 Å². The molecule has 9 rings (SSSR count). The van der Waals surface area contributed by atoms with Crippen LogP contribution >= 0.6 is 11.3 Å². The van der Waals surface area contributed by atoms with E-state index >= 15 is 0 Å². The van der Waals surface area contributed by atoms with Gasteiger partial charge in [-0.25, -0.2) is 9.97 Å². The highest BCUT2D eigenvalue weighted by Crippen LogP contribution is 2.41. The maximum absolute atomic E-state index is 5.29. The summed E-state index contributed by atoms with van der Waals surface area (Å²) in [6.07, 6.45) is 4.46. The second-order valence-electron chi connectivity index (χ2n) is 11.2. The van der Waals surface area contributed by atoms with Gasteiger partial charge in [-0.3, -0.25) is 0 Å². The summed E-state index contributed by atoms with van der Waals surface area (Å²) in [5, 5.41) is 7.54. The van der Waals surface area contributed by atoms with Crippen LogP contribution in [0, 0.1) is 0 Å². The zero-order valence-electron chi connectivity index (χ0n) is 22.5. The van der Waals surface area contributed by atoms with Crippen molar-refractivity contribution in [3.63, 3.8) is 0 Å². The van der Waals surface area contributed by atoms with Gasteiger partial charge in [0.25, 0.3) is 0 Å². The van der Waals surface area contributed by atoms with Gasteiger partial charge >= 0.3 is 0 Å². The van der Waals surface area contributed by atoms with E-state index in [4.69, 9.17) is 9.97 Å². The van der Waals surface area contributed by atoms with Crippen LogP contribution in [0.1, 0.15) is 24.2 Å². The van der Waals surface area contributed by atoms with Crippen LogP contribution in [0.15, 0.2) is 109 Å². The van der Waals surface area contributed by atoms with Gasteiger partial charge in [0.1, 0.15) is 0 Å². The minimum atomic E-state index is 1.03. The molecule has 6 aromatic carbocycles. The number of benzene rings is 6. The third kappa shape index (κ3) is 3.55. The smallest absolute Gasteiger partial charge is 0.0975 e. The molecule has 0 bridgehead atoms. The van der Waals surface area contributed by atoms with Crippen LogP contribution in [-0.4, -0.2) is 9.97 Å². The van der Waals surface area contributed by atoms with Gasteiger partial charge in [-0.15, -0.1) is 11.3 Å². The molecule has 3 heteroatoms. The molecule has 0 aliphatic heterocycles. The number of rotatable bonds is 2. The van der Waals surface area contributed by atoms with Crippen LogP contribution in [-0.2, 0) is 12.8 Å². The number of hydrogen-bond donors (Lipinski definition) is 0. The number of nitrogens with zero attached hydrogens (tertiary/aromatic N) is 2. The van der Waals surface area contributed by atoms with Crippen molar-refractivity contribution in [2.45, 2.75) is 25.7 Å². The maximum atomic E-state index is 5.29. The van der Waals surface area contributed by atoms with Crippen molar-refractivity contribution >= 4 is 64.1 Å². The average Bonchev–Trinajstić information content (AvgIpc) is 3.43. The molecule has 0 unspecified atom stereocenters. The predicted molar refractivity (Wildman–Crippen MR) is 175 cm³/mol. The Kier molecular flexibility index (Phi) is 5.05. The molecule has 0 saturated heterocycles. The molecule has 0 amide bonds. The van der Waals surface area contributed by atoms with Crippen molar-refractivity contribution < 1.29 is 0 Å². The number of fused-ring (bicyclic) bond motifs is 10. The average molecular weight is 543 g/mol. The van der Waals surface area contributed by atoms with Crippen molar-refractivity contribution in [2.75, 3.05) is 0 Å². The molecule has 0 spiro atoms. The summed E-state index contributed by atoms with van der Waals surface area (Å²) in [6, 6.07) is 40.0. The molecule has 0 N–H and O–H groups in total. The lowest BCUT2D eigenvalue weighted by Gasteiger charge is -2.17. The summed E-state index contributed by atoms with van der Waals surface area (Å²) in [7, 11) is 0. The van der Waals surface area contributed by atoms with E-state index in [1.165, 1.54) is 88.2 Å². The molecule has 2 heterocycles. The van der Waals surface area contributed by atoms with Gasteiger partial charge in [0, 0.05) is 30.9 Å². The Balaban J connectivity index is 1.26. The number of hydrogen-bond acceptors (Lipinski definition) is 3. The van der Waals surface area contributed by atoms with Gasteiger partial charge < -0.3 is 0 Å². The standard InChI is InChI=1S/C38H26N2S/c1-2-13-30-27(11-1)28-20-19-24(22-32(28)37-36(30)39-33-16-4-5-17-34(33)40-37)23-9-7-10-25(21-23)26-14-8-15-31-29-12-3-6-18-35(29)41-38(26)31/h1-3,6-15,18-22H,4-5,16-17H2. The Bertz CT molecular complexity index is 2330. The topological polar surface area (TPSA) is 25.8 Å².